The van der Waals surface area contributed by atoms with Crippen molar-refractivity contribution < 1.29 is 9.84 Å². The third kappa shape index (κ3) is 3.16. The summed E-state index contributed by atoms with van der Waals surface area (Å²) in [6.45, 7) is 2.75. The summed E-state index contributed by atoms with van der Waals surface area (Å²) in [5, 5.41) is 16.6. The van der Waals surface area contributed by atoms with Crippen LogP contribution in [-0.4, -0.2) is 31.9 Å². The zero-order valence-corrected chi connectivity index (χ0v) is 11.1. The van der Waals surface area contributed by atoms with E-state index < -0.39 is 0 Å². The maximum absolute atomic E-state index is 9.63. The van der Waals surface area contributed by atoms with Crippen molar-refractivity contribution in [2.75, 3.05) is 26.7 Å². The van der Waals surface area contributed by atoms with Crippen LogP contribution in [0.2, 0.25) is 5.02 Å². The van der Waals surface area contributed by atoms with E-state index in [1.807, 2.05) is 6.07 Å². The molecule has 0 unspecified atom stereocenters. The van der Waals surface area contributed by atoms with Gasteiger partial charge in [0.1, 0.15) is 0 Å². The lowest BCUT2D eigenvalue weighted by molar-refractivity contribution is 0.370. The van der Waals surface area contributed by atoms with Crippen molar-refractivity contribution in [2.45, 2.75) is 6.04 Å². The Hall–Kier alpha value is -0.680. The first-order chi connectivity index (χ1) is 7.72. The van der Waals surface area contributed by atoms with Crippen LogP contribution >= 0.6 is 24.0 Å². The first-order valence-corrected chi connectivity index (χ1v) is 5.60. The summed E-state index contributed by atoms with van der Waals surface area (Å²) in [5.74, 6) is 0.409. The molecule has 1 fully saturated rings. The highest BCUT2D eigenvalue weighted by Crippen LogP contribution is 2.36. The van der Waals surface area contributed by atoms with Crippen LogP contribution in [0.1, 0.15) is 11.6 Å². The van der Waals surface area contributed by atoms with E-state index >= 15 is 0 Å². The number of nitrogens with one attached hydrogen (secondary N) is 2. The average Bonchev–Trinajstić information content (AvgIpc) is 2.33. The lowest BCUT2D eigenvalue weighted by atomic mass is 10.0. The van der Waals surface area contributed by atoms with Crippen molar-refractivity contribution in [2.24, 2.45) is 0 Å². The Kier molecular flexibility index (Phi) is 5.33. The summed E-state index contributed by atoms with van der Waals surface area (Å²) < 4.78 is 5.07. The molecular weight excluding hydrogens is 263 g/mol. The predicted octanol–water partition coefficient (Wildman–Crippen LogP) is 1.71. The smallest absolute Gasteiger partial charge is 0.176 e. The van der Waals surface area contributed by atoms with Gasteiger partial charge in [-0.25, -0.2) is 0 Å². The molecule has 1 aliphatic heterocycles. The number of hydrogen-bond acceptors (Lipinski definition) is 4. The van der Waals surface area contributed by atoms with Crippen molar-refractivity contribution in [3.05, 3.63) is 22.7 Å². The molecule has 1 aliphatic rings. The molecule has 1 atom stereocenters. The quantitative estimate of drug-likeness (QED) is 0.771. The SMILES string of the molecule is COc1cc([C@H]2CNCCN2)cc(Cl)c1O.Cl. The molecule has 0 aromatic heterocycles. The van der Waals surface area contributed by atoms with E-state index in [4.69, 9.17) is 16.3 Å². The average molecular weight is 279 g/mol. The first-order valence-electron chi connectivity index (χ1n) is 5.23. The molecule has 96 valence electrons. The molecule has 1 heterocycles. The summed E-state index contributed by atoms with van der Waals surface area (Å²) in [4.78, 5) is 0. The zero-order chi connectivity index (χ0) is 11.5. The predicted molar refractivity (Wildman–Crippen MR) is 70.5 cm³/mol. The van der Waals surface area contributed by atoms with E-state index in [2.05, 4.69) is 10.6 Å². The number of methoxy groups -OCH3 is 1. The van der Waals surface area contributed by atoms with Crippen LogP contribution in [0.5, 0.6) is 11.5 Å². The van der Waals surface area contributed by atoms with Crippen LogP contribution in [0.15, 0.2) is 12.1 Å². The van der Waals surface area contributed by atoms with Crippen LogP contribution in [-0.2, 0) is 0 Å². The van der Waals surface area contributed by atoms with E-state index in [-0.39, 0.29) is 24.2 Å². The Morgan fingerprint density at radius 2 is 2.18 bits per heavy atom. The molecule has 4 nitrogen and oxygen atoms in total. The molecule has 0 bridgehead atoms. The molecule has 1 aromatic carbocycles. The zero-order valence-electron chi connectivity index (χ0n) is 9.50. The summed E-state index contributed by atoms with van der Waals surface area (Å²) in [5.41, 5.74) is 1.02. The largest absolute Gasteiger partial charge is 0.503 e. The van der Waals surface area contributed by atoms with Crippen molar-refractivity contribution >= 4 is 24.0 Å². The standard InChI is InChI=1S/C11H15ClN2O2.ClH/c1-16-10-5-7(4-8(12)11(10)15)9-6-13-2-3-14-9;/h4-5,9,13-15H,2-3,6H2,1H3;1H/t9-;/m1./s1. The number of benzene rings is 1. The lowest BCUT2D eigenvalue weighted by Crippen LogP contribution is -2.42. The number of phenolic OH excluding ortho intramolecular Hbond substituents is 1. The highest BCUT2D eigenvalue weighted by molar-refractivity contribution is 6.32. The van der Waals surface area contributed by atoms with Crippen molar-refractivity contribution in [3.63, 3.8) is 0 Å². The Morgan fingerprint density at radius 1 is 1.41 bits per heavy atom. The van der Waals surface area contributed by atoms with Gasteiger partial charge in [0.05, 0.1) is 12.1 Å². The van der Waals surface area contributed by atoms with Crippen LogP contribution < -0.4 is 15.4 Å². The van der Waals surface area contributed by atoms with E-state index in [1.54, 1.807) is 6.07 Å². The topological polar surface area (TPSA) is 53.5 Å². The second-order valence-corrected chi connectivity index (χ2v) is 4.17. The molecule has 0 radical (unpaired) electrons. The summed E-state index contributed by atoms with van der Waals surface area (Å²) in [6, 6.07) is 3.79. The molecule has 1 saturated heterocycles. The summed E-state index contributed by atoms with van der Waals surface area (Å²) in [7, 11) is 1.52. The third-order valence-corrected chi connectivity index (χ3v) is 3.00. The van der Waals surface area contributed by atoms with E-state index in [0.29, 0.717) is 10.8 Å². The van der Waals surface area contributed by atoms with Crippen LogP contribution in [0.3, 0.4) is 0 Å². The second kappa shape index (κ2) is 6.31. The normalized spacial score (nSPS) is 19.5. The van der Waals surface area contributed by atoms with Gasteiger partial charge in [0.25, 0.3) is 0 Å². The summed E-state index contributed by atoms with van der Waals surface area (Å²) in [6.07, 6.45) is 0. The highest BCUT2D eigenvalue weighted by atomic mass is 35.5. The minimum Gasteiger partial charge on any atom is -0.503 e. The Balaban J connectivity index is 0.00000144. The van der Waals surface area contributed by atoms with Gasteiger partial charge in [-0.2, -0.15) is 0 Å². The monoisotopic (exact) mass is 278 g/mol. The molecule has 0 amide bonds. The van der Waals surface area contributed by atoms with Crippen molar-refractivity contribution in [3.8, 4) is 11.5 Å². The molecule has 3 N–H and O–H groups in total. The number of rotatable bonds is 2. The highest BCUT2D eigenvalue weighted by Gasteiger charge is 2.17. The molecule has 2 rings (SSSR count). The van der Waals surface area contributed by atoms with Gasteiger partial charge < -0.3 is 20.5 Å². The van der Waals surface area contributed by atoms with Gasteiger partial charge in [-0.3, -0.25) is 0 Å². The van der Waals surface area contributed by atoms with Crippen LogP contribution in [0.25, 0.3) is 0 Å². The fraction of sp³-hybridized carbons (Fsp3) is 0.455. The van der Waals surface area contributed by atoms with Gasteiger partial charge in [-0.05, 0) is 17.7 Å². The molecule has 0 aliphatic carbocycles. The van der Waals surface area contributed by atoms with Gasteiger partial charge in [-0.15, -0.1) is 12.4 Å². The van der Waals surface area contributed by atoms with Gasteiger partial charge in [0.2, 0.25) is 0 Å². The fourth-order valence-electron chi connectivity index (χ4n) is 1.84. The Labute approximate surface area is 112 Å². The summed E-state index contributed by atoms with van der Waals surface area (Å²) >= 11 is 5.94. The van der Waals surface area contributed by atoms with Crippen LogP contribution in [0, 0.1) is 0 Å². The molecule has 17 heavy (non-hydrogen) atoms. The van der Waals surface area contributed by atoms with Gasteiger partial charge in [-0.1, -0.05) is 11.6 Å². The van der Waals surface area contributed by atoms with Gasteiger partial charge in [0, 0.05) is 25.7 Å². The maximum atomic E-state index is 9.63. The molecule has 6 heteroatoms. The van der Waals surface area contributed by atoms with E-state index in [1.165, 1.54) is 7.11 Å². The van der Waals surface area contributed by atoms with Crippen molar-refractivity contribution in [1.82, 2.24) is 10.6 Å². The number of piperazine rings is 1. The Morgan fingerprint density at radius 3 is 2.76 bits per heavy atom. The lowest BCUT2D eigenvalue weighted by Gasteiger charge is -2.25. The van der Waals surface area contributed by atoms with E-state index in [0.717, 1.165) is 25.2 Å². The minimum atomic E-state index is -0.00307. The fourth-order valence-corrected chi connectivity index (χ4v) is 2.06. The second-order valence-electron chi connectivity index (χ2n) is 3.76. The molecule has 0 saturated carbocycles. The molecular formula is C11H16Cl2N2O2. The van der Waals surface area contributed by atoms with Crippen LogP contribution in [0.4, 0.5) is 0 Å². The number of phenols is 1. The molecule has 1 aromatic rings. The number of ether oxygens (including phenoxy) is 1. The van der Waals surface area contributed by atoms with E-state index in [9.17, 15) is 5.11 Å². The maximum Gasteiger partial charge on any atom is 0.176 e. The minimum absolute atomic E-state index is 0. The number of halogens is 2. The first kappa shape index (κ1) is 14.4. The van der Waals surface area contributed by atoms with Gasteiger partial charge >= 0.3 is 0 Å². The third-order valence-electron chi connectivity index (χ3n) is 2.71. The molecule has 0 spiro atoms. The number of hydrogen-bond donors (Lipinski definition) is 3. The van der Waals surface area contributed by atoms with Crippen molar-refractivity contribution in [1.29, 1.82) is 0 Å². The Bertz CT molecular complexity index is 382. The van der Waals surface area contributed by atoms with Gasteiger partial charge in [0.15, 0.2) is 11.5 Å². The number of aromatic hydroxyl groups is 1.